The largest absolute Gasteiger partial charge is 0.544 e. The van der Waals surface area contributed by atoms with Gasteiger partial charge in [-0.15, -0.1) is 17.9 Å². The zero-order chi connectivity index (χ0) is 13.3. The van der Waals surface area contributed by atoms with Crippen molar-refractivity contribution in [1.82, 2.24) is 9.97 Å². The summed E-state index contributed by atoms with van der Waals surface area (Å²) < 4.78 is 0. The summed E-state index contributed by atoms with van der Waals surface area (Å²) in [6, 6.07) is 0. The van der Waals surface area contributed by atoms with Crippen molar-refractivity contribution in [2.24, 2.45) is 0 Å². The number of thioether (sulfide) groups is 1. The fourth-order valence-corrected chi connectivity index (χ4v) is 3.20. The van der Waals surface area contributed by atoms with Crippen molar-refractivity contribution in [2.75, 3.05) is 5.75 Å². The molecule has 2 aromatic heterocycles. The van der Waals surface area contributed by atoms with Crippen LogP contribution < -0.4 is 10.7 Å². The Morgan fingerprint density at radius 1 is 1.67 bits per heavy atom. The fraction of sp³-hybridized carbons (Fsp3) is 0.182. The molecule has 0 aliphatic rings. The number of carboxylic acid groups (broad SMARTS) is 1. The minimum Gasteiger partial charge on any atom is -0.544 e. The molecule has 0 atom stereocenters. The molecule has 0 aliphatic carbocycles. The average Bonchev–Trinajstić information content (AvgIpc) is 2.64. The van der Waals surface area contributed by atoms with Crippen LogP contribution in [-0.4, -0.2) is 21.7 Å². The number of carboxylic acids is 1. The van der Waals surface area contributed by atoms with Crippen molar-refractivity contribution < 1.29 is 9.90 Å². The van der Waals surface area contributed by atoms with Crippen LogP contribution in [0.2, 0.25) is 0 Å². The number of aromatic amines is 1. The number of nitrogens with one attached hydrogen (secondary N) is 1. The van der Waals surface area contributed by atoms with Gasteiger partial charge in [0.2, 0.25) is 0 Å². The lowest BCUT2D eigenvalue weighted by molar-refractivity contribution is -0.254. The quantitative estimate of drug-likeness (QED) is 0.512. The molecule has 1 N–H and O–H groups in total. The molecular formula is C11H9N2O3S2-. The number of H-pyrrole nitrogens is 1. The zero-order valence-corrected chi connectivity index (χ0v) is 11.1. The van der Waals surface area contributed by atoms with Gasteiger partial charge in [-0.1, -0.05) is 17.8 Å². The molecule has 0 fully saturated rings. The van der Waals surface area contributed by atoms with Crippen LogP contribution >= 0.6 is 23.1 Å². The van der Waals surface area contributed by atoms with Gasteiger partial charge in [-0.05, 0) is 12.5 Å². The van der Waals surface area contributed by atoms with Gasteiger partial charge in [-0.2, -0.15) is 0 Å². The van der Waals surface area contributed by atoms with Crippen LogP contribution in [0.15, 0.2) is 22.6 Å². The molecule has 5 nitrogen and oxygen atoms in total. The van der Waals surface area contributed by atoms with Crippen LogP contribution in [0.1, 0.15) is 15.2 Å². The number of nitrogens with zero attached hydrogens (tertiary/aromatic N) is 1. The first-order valence-corrected chi connectivity index (χ1v) is 6.83. The molecule has 2 aromatic rings. The molecule has 0 radical (unpaired) electrons. The summed E-state index contributed by atoms with van der Waals surface area (Å²) in [7, 11) is 0. The lowest BCUT2D eigenvalue weighted by Gasteiger charge is -1.98. The van der Waals surface area contributed by atoms with Crippen molar-refractivity contribution in [3.05, 3.63) is 33.4 Å². The highest BCUT2D eigenvalue weighted by Gasteiger charge is 2.14. The smallest absolute Gasteiger partial charge is 0.260 e. The van der Waals surface area contributed by atoms with E-state index in [4.69, 9.17) is 0 Å². The maximum absolute atomic E-state index is 11.9. The van der Waals surface area contributed by atoms with Crippen LogP contribution in [0.3, 0.4) is 0 Å². The standard InChI is InChI=1S/C11H10N2O3S2/c1-3-4-17-11-12-8(14)6-5(2)7(10(15)16)18-9(6)13-11/h3H,1,4H2,2H3,(H,15,16)(H,12,13,14)/p-1. The number of aromatic nitrogens is 2. The number of thiophene rings is 1. The molecule has 0 spiro atoms. The third-order valence-corrected chi connectivity index (χ3v) is 4.34. The van der Waals surface area contributed by atoms with Crippen molar-refractivity contribution in [3.8, 4) is 0 Å². The Kier molecular flexibility index (Phi) is 3.53. The molecule has 7 heteroatoms. The predicted octanol–water partition coefficient (Wildman–Crippen LogP) is 0.935. The van der Waals surface area contributed by atoms with Gasteiger partial charge >= 0.3 is 0 Å². The lowest BCUT2D eigenvalue weighted by Crippen LogP contribution is -2.21. The monoisotopic (exact) mass is 281 g/mol. The van der Waals surface area contributed by atoms with Crippen molar-refractivity contribution in [1.29, 1.82) is 0 Å². The maximum atomic E-state index is 11.9. The summed E-state index contributed by atoms with van der Waals surface area (Å²) >= 11 is 2.29. The van der Waals surface area contributed by atoms with E-state index in [-0.39, 0.29) is 10.4 Å². The predicted molar refractivity (Wildman–Crippen MR) is 70.2 cm³/mol. The van der Waals surface area contributed by atoms with Crippen LogP contribution in [0.5, 0.6) is 0 Å². The fourth-order valence-electron chi connectivity index (χ4n) is 1.53. The second-order valence-corrected chi connectivity index (χ2v) is 5.50. The number of hydrogen-bond donors (Lipinski definition) is 1. The van der Waals surface area contributed by atoms with E-state index in [2.05, 4.69) is 16.5 Å². The summed E-state index contributed by atoms with van der Waals surface area (Å²) in [5, 5.41) is 11.7. The minimum absolute atomic E-state index is 0.0499. The number of hydrogen-bond acceptors (Lipinski definition) is 6. The second kappa shape index (κ2) is 4.95. The number of carbonyl (C=O) groups excluding carboxylic acids is 1. The molecule has 0 saturated heterocycles. The lowest BCUT2D eigenvalue weighted by atomic mass is 10.2. The molecule has 0 aromatic carbocycles. The first-order valence-electron chi connectivity index (χ1n) is 5.03. The van der Waals surface area contributed by atoms with Gasteiger partial charge < -0.3 is 14.9 Å². The molecule has 0 amide bonds. The summed E-state index contributed by atoms with van der Waals surface area (Å²) in [6.45, 7) is 5.16. The Morgan fingerprint density at radius 3 is 3.00 bits per heavy atom. The first kappa shape index (κ1) is 12.8. The van der Waals surface area contributed by atoms with Gasteiger partial charge in [0.1, 0.15) is 4.83 Å². The number of carbonyl (C=O) groups is 1. The van der Waals surface area contributed by atoms with Crippen LogP contribution in [-0.2, 0) is 0 Å². The third kappa shape index (κ3) is 2.19. The molecule has 0 saturated carbocycles. The van der Waals surface area contributed by atoms with E-state index in [1.165, 1.54) is 11.8 Å². The normalized spacial score (nSPS) is 10.7. The second-order valence-electron chi connectivity index (χ2n) is 3.49. The number of aromatic carboxylic acids is 1. The molecule has 94 valence electrons. The molecule has 2 rings (SSSR count). The van der Waals surface area contributed by atoms with E-state index in [0.717, 1.165) is 11.3 Å². The highest BCUT2D eigenvalue weighted by Crippen LogP contribution is 2.27. The Bertz CT molecular complexity index is 687. The van der Waals surface area contributed by atoms with E-state index in [9.17, 15) is 14.7 Å². The number of aryl methyl sites for hydroxylation is 1. The van der Waals surface area contributed by atoms with Crippen LogP contribution in [0, 0.1) is 6.92 Å². The van der Waals surface area contributed by atoms with E-state index in [1.54, 1.807) is 13.0 Å². The molecular weight excluding hydrogens is 272 g/mol. The number of fused-ring (bicyclic) bond motifs is 1. The molecule has 0 aliphatic heterocycles. The average molecular weight is 281 g/mol. The van der Waals surface area contributed by atoms with Crippen LogP contribution in [0.25, 0.3) is 10.2 Å². The summed E-state index contributed by atoms with van der Waals surface area (Å²) in [5.41, 5.74) is 0.0804. The number of rotatable bonds is 4. The SMILES string of the molecule is C=CCSc1nc2sc(C(=O)[O-])c(C)c2c(=O)[nH]1. The highest BCUT2D eigenvalue weighted by molar-refractivity contribution is 7.99. The van der Waals surface area contributed by atoms with E-state index in [1.807, 2.05) is 0 Å². The van der Waals surface area contributed by atoms with Crippen molar-refractivity contribution >= 4 is 39.3 Å². The molecule has 2 heterocycles. The molecule has 0 unspecified atom stereocenters. The zero-order valence-electron chi connectivity index (χ0n) is 9.48. The summed E-state index contributed by atoms with van der Waals surface area (Å²) in [6.07, 6.45) is 1.70. The van der Waals surface area contributed by atoms with Crippen molar-refractivity contribution in [3.63, 3.8) is 0 Å². The Balaban J connectivity index is 2.63. The Morgan fingerprint density at radius 2 is 2.39 bits per heavy atom. The van der Waals surface area contributed by atoms with Crippen LogP contribution in [0.4, 0.5) is 0 Å². The topological polar surface area (TPSA) is 85.9 Å². The van der Waals surface area contributed by atoms with Gasteiger partial charge in [-0.25, -0.2) is 4.98 Å². The minimum atomic E-state index is -1.28. The third-order valence-electron chi connectivity index (χ3n) is 2.30. The highest BCUT2D eigenvalue weighted by atomic mass is 32.2. The first-order chi connectivity index (χ1) is 8.54. The Hall–Kier alpha value is -1.60. The van der Waals surface area contributed by atoms with E-state index >= 15 is 0 Å². The van der Waals surface area contributed by atoms with Gasteiger partial charge in [0.25, 0.3) is 5.56 Å². The van der Waals surface area contributed by atoms with Gasteiger partial charge in [0.05, 0.1) is 16.2 Å². The summed E-state index contributed by atoms with van der Waals surface area (Å²) in [4.78, 5) is 30.1. The Labute approximate surface area is 111 Å². The maximum Gasteiger partial charge on any atom is 0.260 e. The van der Waals surface area contributed by atoms with E-state index in [0.29, 0.717) is 26.7 Å². The van der Waals surface area contributed by atoms with Gasteiger partial charge in [0.15, 0.2) is 5.16 Å². The van der Waals surface area contributed by atoms with Gasteiger partial charge in [0, 0.05) is 5.75 Å². The molecule has 0 bridgehead atoms. The van der Waals surface area contributed by atoms with Gasteiger partial charge in [-0.3, -0.25) is 4.79 Å². The van der Waals surface area contributed by atoms with E-state index < -0.39 is 5.97 Å². The summed E-state index contributed by atoms with van der Waals surface area (Å²) in [5.74, 6) is -0.665. The van der Waals surface area contributed by atoms with Crippen molar-refractivity contribution in [2.45, 2.75) is 12.1 Å². The molecule has 18 heavy (non-hydrogen) atoms.